The molecule has 1 amide bonds. The number of rotatable bonds is 9. The highest BCUT2D eigenvalue weighted by Gasteiger charge is 2.35. The molecule has 0 aliphatic heterocycles. The Morgan fingerprint density at radius 3 is 2.43 bits per heavy atom. The van der Waals surface area contributed by atoms with Crippen LogP contribution >= 0.6 is 0 Å². The van der Waals surface area contributed by atoms with Crippen molar-refractivity contribution in [3.8, 4) is 0 Å². The second-order valence-electron chi connectivity index (χ2n) is 5.80. The van der Waals surface area contributed by atoms with Crippen LogP contribution in [-0.4, -0.2) is 22.2 Å². The summed E-state index contributed by atoms with van der Waals surface area (Å²) in [5.41, 5.74) is 7.65. The summed E-state index contributed by atoms with van der Waals surface area (Å²) in [6, 6.07) is 0. The Morgan fingerprint density at radius 1 is 1.33 bits per heavy atom. The molecule has 21 heavy (non-hydrogen) atoms. The van der Waals surface area contributed by atoms with Crippen molar-refractivity contribution in [1.82, 2.24) is 15.1 Å². The van der Waals surface area contributed by atoms with Crippen LogP contribution in [0.15, 0.2) is 6.20 Å². The first kappa shape index (κ1) is 17.7. The summed E-state index contributed by atoms with van der Waals surface area (Å²) in [5, 5.41) is 7.48. The van der Waals surface area contributed by atoms with Gasteiger partial charge >= 0.3 is 0 Å². The number of nitrogens with one attached hydrogen (secondary N) is 1. The number of nitrogens with zero attached hydrogens (tertiary/aromatic N) is 2. The molecule has 0 fully saturated rings. The van der Waals surface area contributed by atoms with E-state index in [1.54, 1.807) is 4.68 Å². The van der Waals surface area contributed by atoms with Gasteiger partial charge in [-0.2, -0.15) is 5.10 Å². The van der Waals surface area contributed by atoms with Crippen molar-refractivity contribution in [2.45, 2.75) is 59.4 Å². The summed E-state index contributed by atoms with van der Waals surface area (Å²) < 4.78 is 1.80. The molecule has 0 saturated carbocycles. The molecule has 1 aromatic rings. The Morgan fingerprint density at radius 2 is 1.95 bits per heavy atom. The van der Waals surface area contributed by atoms with E-state index >= 15 is 0 Å². The third-order valence-electron chi connectivity index (χ3n) is 4.10. The van der Waals surface area contributed by atoms with Crippen molar-refractivity contribution < 1.29 is 4.79 Å². The van der Waals surface area contributed by atoms with Gasteiger partial charge in [-0.1, -0.05) is 33.6 Å². The van der Waals surface area contributed by atoms with Crippen LogP contribution in [0.1, 0.15) is 57.7 Å². The fraction of sp³-hybridized carbons (Fsp3) is 0.750. The van der Waals surface area contributed by atoms with Crippen LogP contribution in [0.4, 0.5) is 0 Å². The summed E-state index contributed by atoms with van der Waals surface area (Å²) in [7, 11) is 1.91. The molecule has 0 radical (unpaired) electrons. The SMILES string of the molecule is CCCC(CN)(CCC)C(=O)NCc1cn(C)nc1CC. The molecule has 0 saturated heterocycles. The Hall–Kier alpha value is -1.36. The number of amides is 1. The van der Waals surface area contributed by atoms with E-state index in [0.29, 0.717) is 13.1 Å². The first-order valence-electron chi connectivity index (χ1n) is 8.02. The number of nitrogens with two attached hydrogens (primary N) is 1. The van der Waals surface area contributed by atoms with E-state index in [1.165, 1.54) is 0 Å². The fourth-order valence-corrected chi connectivity index (χ4v) is 3.00. The van der Waals surface area contributed by atoms with Crippen LogP contribution in [0.5, 0.6) is 0 Å². The second-order valence-corrected chi connectivity index (χ2v) is 5.80. The zero-order valence-corrected chi connectivity index (χ0v) is 13.9. The van der Waals surface area contributed by atoms with Crippen LogP contribution in [0, 0.1) is 5.41 Å². The van der Waals surface area contributed by atoms with Crippen molar-refractivity contribution in [2.75, 3.05) is 6.54 Å². The molecule has 1 aromatic heterocycles. The Labute approximate surface area is 128 Å². The number of hydrogen-bond acceptors (Lipinski definition) is 3. The molecule has 5 heteroatoms. The zero-order valence-electron chi connectivity index (χ0n) is 13.9. The molecule has 0 unspecified atom stereocenters. The van der Waals surface area contributed by atoms with E-state index in [0.717, 1.165) is 43.4 Å². The second kappa shape index (κ2) is 8.17. The lowest BCUT2D eigenvalue weighted by molar-refractivity contribution is -0.131. The van der Waals surface area contributed by atoms with Crippen molar-refractivity contribution in [2.24, 2.45) is 18.2 Å². The largest absolute Gasteiger partial charge is 0.351 e. The standard InChI is InChI=1S/C16H30N4O/c1-5-8-16(12-17,9-6-2)15(21)18-10-13-11-20(4)19-14(13)7-3/h11H,5-10,12,17H2,1-4H3,(H,18,21). The van der Waals surface area contributed by atoms with Crippen molar-refractivity contribution >= 4 is 5.91 Å². The molecule has 0 atom stereocenters. The van der Waals surface area contributed by atoms with Crippen LogP contribution in [0.25, 0.3) is 0 Å². The average Bonchev–Trinajstić information content (AvgIpc) is 2.84. The molecular formula is C16H30N4O. The molecule has 0 aliphatic rings. The highest BCUT2D eigenvalue weighted by atomic mass is 16.2. The van der Waals surface area contributed by atoms with E-state index in [9.17, 15) is 4.79 Å². The number of aryl methyl sites for hydroxylation is 2. The van der Waals surface area contributed by atoms with Crippen molar-refractivity contribution in [3.63, 3.8) is 0 Å². The van der Waals surface area contributed by atoms with Crippen LogP contribution in [0.3, 0.4) is 0 Å². The van der Waals surface area contributed by atoms with Gasteiger partial charge in [0.05, 0.1) is 11.1 Å². The zero-order chi connectivity index (χ0) is 15.9. The molecule has 120 valence electrons. The number of hydrogen-bond donors (Lipinski definition) is 2. The monoisotopic (exact) mass is 294 g/mol. The minimum absolute atomic E-state index is 0.0830. The Kier molecular flexibility index (Phi) is 6.89. The Bertz CT molecular complexity index is 447. The van der Waals surface area contributed by atoms with Crippen molar-refractivity contribution in [3.05, 3.63) is 17.5 Å². The van der Waals surface area contributed by atoms with Crippen molar-refractivity contribution in [1.29, 1.82) is 0 Å². The molecular weight excluding hydrogens is 264 g/mol. The van der Waals surface area contributed by atoms with Gasteiger partial charge in [-0.25, -0.2) is 0 Å². The molecule has 0 bridgehead atoms. The van der Waals surface area contributed by atoms with Gasteiger partial charge in [0, 0.05) is 31.9 Å². The highest BCUT2D eigenvalue weighted by molar-refractivity contribution is 5.82. The molecule has 5 nitrogen and oxygen atoms in total. The molecule has 1 rings (SSSR count). The molecule has 0 aromatic carbocycles. The van der Waals surface area contributed by atoms with E-state index < -0.39 is 5.41 Å². The lowest BCUT2D eigenvalue weighted by Crippen LogP contribution is -2.45. The third-order valence-corrected chi connectivity index (χ3v) is 4.10. The van der Waals surface area contributed by atoms with Crippen LogP contribution in [0.2, 0.25) is 0 Å². The first-order valence-corrected chi connectivity index (χ1v) is 8.02. The van der Waals surface area contributed by atoms with Gasteiger partial charge in [-0.05, 0) is 19.3 Å². The van der Waals surface area contributed by atoms with Gasteiger partial charge in [0.25, 0.3) is 0 Å². The summed E-state index contributed by atoms with van der Waals surface area (Å²) in [6.45, 7) is 7.22. The summed E-state index contributed by atoms with van der Waals surface area (Å²) in [5.74, 6) is 0.0830. The minimum atomic E-state index is -0.419. The predicted octanol–water partition coefficient (Wildman–Crippen LogP) is 2.14. The number of carbonyl (C=O) groups excluding carboxylic acids is 1. The summed E-state index contributed by atoms with van der Waals surface area (Å²) in [4.78, 5) is 12.6. The van der Waals surface area contributed by atoms with Gasteiger partial charge in [0.2, 0.25) is 5.91 Å². The van der Waals surface area contributed by atoms with Gasteiger partial charge < -0.3 is 11.1 Å². The fourth-order valence-electron chi connectivity index (χ4n) is 3.00. The smallest absolute Gasteiger partial charge is 0.227 e. The van der Waals surface area contributed by atoms with Gasteiger partial charge in [-0.3, -0.25) is 9.48 Å². The maximum absolute atomic E-state index is 12.6. The molecule has 0 spiro atoms. The number of aromatic nitrogens is 2. The van der Waals surface area contributed by atoms with Gasteiger partial charge in [-0.15, -0.1) is 0 Å². The molecule has 1 heterocycles. The van der Waals surface area contributed by atoms with Crippen LogP contribution in [-0.2, 0) is 24.8 Å². The molecule has 3 N–H and O–H groups in total. The van der Waals surface area contributed by atoms with E-state index in [1.807, 2.05) is 13.2 Å². The normalized spacial score (nSPS) is 11.7. The summed E-state index contributed by atoms with van der Waals surface area (Å²) in [6.07, 6.45) is 6.48. The predicted molar refractivity (Wildman–Crippen MR) is 85.7 cm³/mol. The topological polar surface area (TPSA) is 72.9 Å². The highest BCUT2D eigenvalue weighted by Crippen LogP contribution is 2.29. The molecule has 0 aliphatic carbocycles. The van der Waals surface area contributed by atoms with Gasteiger partial charge in [0.15, 0.2) is 0 Å². The maximum Gasteiger partial charge on any atom is 0.227 e. The van der Waals surface area contributed by atoms with Crippen LogP contribution < -0.4 is 11.1 Å². The van der Waals surface area contributed by atoms with E-state index in [4.69, 9.17) is 5.73 Å². The lowest BCUT2D eigenvalue weighted by atomic mass is 9.78. The van der Waals surface area contributed by atoms with E-state index in [2.05, 4.69) is 31.2 Å². The quantitative estimate of drug-likeness (QED) is 0.733. The van der Waals surface area contributed by atoms with E-state index in [-0.39, 0.29) is 5.91 Å². The Balaban J connectivity index is 2.77. The third kappa shape index (κ3) is 4.30. The lowest BCUT2D eigenvalue weighted by Gasteiger charge is -2.30. The summed E-state index contributed by atoms with van der Waals surface area (Å²) >= 11 is 0. The average molecular weight is 294 g/mol. The first-order chi connectivity index (χ1) is 10.0. The number of carbonyl (C=O) groups is 1. The van der Waals surface area contributed by atoms with Gasteiger partial charge in [0.1, 0.15) is 0 Å². The maximum atomic E-state index is 12.6. The minimum Gasteiger partial charge on any atom is -0.351 e.